The number of rotatable bonds is 8. The topological polar surface area (TPSA) is 131 Å². The number of methoxy groups -OCH3 is 2. The molecule has 40 heavy (non-hydrogen) atoms. The SMILES string of the molecule is COC(CN=C(N)N/C(=N/S(=O)(=O)c1ccc(Cl)cc1)N1CC(c2ccccc2)C(c2ccc(Cl)cc2)=N1)OC. The summed E-state index contributed by atoms with van der Waals surface area (Å²) in [5.41, 5.74) is 8.65. The third kappa shape index (κ3) is 7.38. The molecule has 13 heteroatoms. The molecule has 4 rings (SSSR count). The van der Waals surface area contributed by atoms with Crippen LogP contribution in [0.4, 0.5) is 0 Å². The summed E-state index contributed by atoms with van der Waals surface area (Å²) in [5.74, 6) is -0.444. The van der Waals surface area contributed by atoms with Crippen molar-refractivity contribution in [3.8, 4) is 0 Å². The van der Waals surface area contributed by atoms with E-state index in [1.807, 2.05) is 42.5 Å². The van der Waals surface area contributed by atoms with Crippen molar-refractivity contribution in [3.63, 3.8) is 0 Å². The monoisotopic (exact) mass is 602 g/mol. The number of hydrogen-bond donors (Lipinski definition) is 2. The van der Waals surface area contributed by atoms with E-state index in [0.717, 1.165) is 11.1 Å². The van der Waals surface area contributed by atoms with Gasteiger partial charge in [-0.05, 0) is 47.5 Å². The zero-order valence-corrected chi connectivity index (χ0v) is 24.1. The Balaban J connectivity index is 1.77. The molecule has 0 spiro atoms. The molecule has 1 aliphatic rings. The molecule has 0 saturated carbocycles. The van der Waals surface area contributed by atoms with Crippen LogP contribution in [-0.2, 0) is 19.5 Å². The van der Waals surface area contributed by atoms with E-state index in [-0.39, 0.29) is 35.8 Å². The van der Waals surface area contributed by atoms with E-state index >= 15 is 0 Å². The lowest BCUT2D eigenvalue weighted by Gasteiger charge is -2.19. The normalized spacial score (nSPS) is 16.4. The van der Waals surface area contributed by atoms with E-state index in [9.17, 15) is 8.42 Å². The summed E-state index contributed by atoms with van der Waals surface area (Å²) in [6.07, 6.45) is -0.637. The number of nitrogens with one attached hydrogen (secondary N) is 1. The quantitative estimate of drug-likeness (QED) is 0.226. The largest absolute Gasteiger partial charge is 0.370 e. The fourth-order valence-corrected chi connectivity index (χ4v) is 5.15. The minimum Gasteiger partial charge on any atom is -0.370 e. The van der Waals surface area contributed by atoms with Crippen molar-refractivity contribution < 1.29 is 17.9 Å². The van der Waals surface area contributed by atoms with Crippen molar-refractivity contribution in [2.75, 3.05) is 27.3 Å². The first kappa shape index (κ1) is 29.5. The number of benzene rings is 3. The molecule has 1 aliphatic heterocycles. The van der Waals surface area contributed by atoms with Crippen LogP contribution in [-0.4, -0.2) is 64.7 Å². The highest BCUT2D eigenvalue weighted by Crippen LogP contribution is 2.30. The zero-order valence-electron chi connectivity index (χ0n) is 21.7. The van der Waals surface area contributed by atoms with Gasteiger partial charge in [0, 0.05) is 30.2 Å². The number of guanidine groups is 2. The highest BCUT2D eigenvalue weighted by molar-refractivity contribution is 7.90. The van der Waals surface area contributed by atoms with Crippen LogP contribution in [0.3, 0.4) is 0 Å². The minimum atomic E-state index is -4.19. The lowest BCUT2D eigenvalue weighted by atomic mass is 9.91. The van der Waals surface area contributed by atoms with E-state index < -0.39 is 16.3 Å². The second-order valence-corrected chi connectivity index (χ2v) is 11.1. The van der Waals surface area contributed by atoms with Crippen LogP contribution in [0.2, 0.25) is 10.0 Å². The Morgan fingerprint density at radius 3 is 2.23 bits per heavy atom. The number of nitrogens with zero attached hydrogens (tertiary/aromatic N) is 4. The Labute approximate surface area is 243 Å². The number of sulfonamides is 1. The third-order valence-corrected chi connectivity index (χ3v) is 7.78. The van der Waals surface area contributed by atoms with Crippen molar-refractivity contribution in [2.24, 2.45) is 20.2 Å². The second-order valence-electron chi connectivity index (χ2n) is 8.63. The summed E-state index contributed by atoms with van der Waals surface area (Å²) in [6, 6.07) is 22.7. The summed E-state index contributed by atoms with van der Waals surface area (Å²) < 4.78 is 41.0. The molecule has 3 N–H and O–H groups in total. The van der Waals surface area contributed by atoms with Gasteiger partial charge in [-0.15, -0.1) is 4.40 Å². The summed E-state index contributed by atoms with van der Waals surface area (Å²) in [6.45, 7) is 0.338. The standard InChI is InChI=1S/C27H28Cl2N6O4S/c1-38-24(39-2)16-31-26(30)32-27(34-40(36,37)22-14-12-21(29)13-15-22)35-17-23(18-6-4-3-5-7-18)25(33-35)19-8-10-20(28)11-9-19/h3-15,23-24H,16-17H2,1-2H3,(H3,30,31,32,34). The van der Waals surface area contributed by atoms with Gasteiger partial charge in [0.2, 0.25) is 5.96 Å². The lowest BCUT2D eigenvalue weighted by Crippen LogP contribution is -2.45. The van der Waals surface area contributed by atoms with Crippen LogP contribution in [0.1, 0.15) is 17.0 Å². The lowest BCUT2D eigenvalue weighted by molar-refractivity contribution is -0.0937. The first-order valence-corrected chi connectivity index (χ1v) is 14.3. The molecular weight excluding hydrogens is 575 g/mol. The Bertz CT molecular complexity index is 1490. The van der Waals surface area contributed by atoms with Gasteiger partial charge in [0.1, 0.15) is 0 Å². The van der Waals surface area contributed by atoms with Gasteiger partial charge in [0.25, 0.3) is 10.0 Å². The molecule has 0 radical (unpaired) electrons. The maximum absolute atomic E-state index is 13.3. The molecule has 210 valence electrons. The predicted molar refractivity (Wildman–Crippen MR) is 157 cm³/mol. The Kier molecular flexibility index (Phi) is 9.77. The number of nitrogens with two attached hydrogens (primary N) is 1. The number of halogens is 2. The van der Waals surface area contributed by atoms with Gasteiger partial charge < -0.3 is 15.2 Å². The van der Waals surface area contributed by atoms with Crippen molar-refractivity contribution >= 4 is 50.9 Å². The molecule has 0 bridgehead atoms. The van der Waals surface area contributed by atoms with E-state index in [1.165, 1.54) is 43.5 Å². The second kappa shape index (κ2) is 13.2. The van der Waals surface area contributed by atoms with Crippen molar-refractivity contribution in [2.45, 2.75) is 17.1 Å². The Hall–Kier alpha value is -3.48. The molecule has 0 saturated heterocycles. The molecule has 1 unspecified atom stereocenters. The predicted octanol–water partition coefficient (Wildman–Crippen LogP) is 4.07. The zero-order chi connectivity index (χ0) is 28.7. The van der Waals surface area contributed by atoms with Crippen molar-refractivity contribution in [1.82, 2.24) is 10.3 Å². The van der Waals surface area contributed by atoms with E-state index in [1.54, 1.807) is 12.1 Å². The van der Waals surface area contributed by atoms with Gasteiger partial charge in [-0.3, -0.25) is 5.32 Å². The average molecular weight is 604 g/mol. The average Bonchev–Trinajstić information content (AvgIpc) is 3.40. The van der Waals surface area contributed by atoms with Crippen LogP contribution < -0.4 is 11.1 Å². The summed E-state index contributed by atoms with van der Waals surface area (Å²) in [4.78, 5) is 4.16. The van der Waals surface area contributed by atoms with Crippen LogP contribution >= 0.6 is 23.2 Å². The Morgan fingerprint density at radius 2 is 1.62 bits per heavy atom. The van der Waals surface area contributed by atoms with E-state index in [4.69, 9.17) is 43.5 Å². The molecule has 1 atom stereocenters. The molecule has 0 aliphatic carbocycles. The van der Waals surface area contributed by atoms with Gasteiger partial charge in [0.15, 0.2) is 12.2 Å². The van der Waals surface area contributed by atoms with Crippen LogP contribution in [0.25, 0.3) is 0 Å². The van der Waals surface area contributed by atoms with Crippen LogP contribution in [0, 0.1) is 0 Å². The molecule has 0 fully saturated rings. The molecule has 10 nitrogen and oxygen atoms in total. The fourth-order valence-electron chi connectivity index (χ4n) is 3.94. The molecule has 3 aromatic rings. The van der Waals surface area contributed by atoms with Crippen molar-refractivity contribution in [1.29, 1.82) is 0 Å². The number of hydrazone groups is 1. The van der Waals surface area contributed by atoms with Gasteiger partial charge in [0.05, 0.1) is 23.7 Å². The van der Waals surface area contributed by atoms with Gasteiger partial charge in [-0.1, -0.05) is 65.7 Å². The Morgan fingerprint density at radius 1 is 1.02 bits per heavy atom. The van der Waals surface area contributed by atoms with Gasteiger partial charge in [-0.25, -0.2) is 10.0 Å². The molecular formula is C27H28Cl2N6O4S. The summed E-state index contributed by atoms with van der Waals surface area (Å²) in [7, 11) is -1.25. The van der Waals surface area contributed by atoms with E-state index in [2.05, 4.69) is 14.7 Å². The van der Waals surface area contributed by atoms with Crippen LogP contribution in [0.5, 0.6) is 0 Å². The highest BCUT2D eigenvalue weighted by Gasteiger charge is 2.33. The van der Waals surface area contributed by atoms with Crippen molar-refractivity contribution in [3.05, 3.63) is 100 Å². The first-order chi connectivity index (χ1) is 19.2. The number of aliphatic imine (C=N–C) groups is 1. The highest BCUT2D eigenvalue weighted by atomic mass is 35.5. The van der Waals surface area contributed by atoms with Crippen LogP contribution in [0.15, 0.2) is 98.2 Å². The first-order valence-electron chi connectivity index (χ1n) is 12.1. The fraction of sp³-hybridized carbons (Fsp3) is 0.222. The maximum atomic E-state index is 13.3. The summed E-state index contributed by atoms with van der Waals surface area (Å²) >= 11 is 12.1. The maximum Gasteiger partial charge on any atom is 0.285 e. The number of hydrogen-bond acceptors (Lipinski definition) is 6. The van der Waals surface area contributed by atoms with Gasteiger partial charge >= 0.3 is 0 Å². The smallest absolute Gasteiger partial charge is 0.285 e. The third-order valence-electron chi connectivity index (χ3n) is 5.99. The molecule has 0 aromatic heterocycles. The molecule has 0 amide bonds. The minimum absolute atomic E-state index is 0.0498. The number of ether oxygens (including phenoxy) is 2. The molecule has 3 aromatic carbocycles. The van der Waals surface area contributed by atoms with Gasteiger partial charge in [-0.2, -0.15) is 13.5 Å². The molecule has 1 heterocycles. The summed E-state index contributed by atoms with van der Waals surface area (Å²) in [5, 5.41) is 10.0. The van der Waals surface area contributed by atoms with E-state index in [0.29, 0.717) is 15.8 Å².